The maximum absolute atomic E-state index is 12.6. The van der Waals surface area contributed by atoms with Gasteiger partial charge in [-0.3, -0.25) is 4.79 Å². The Morgan fingerprint density at radius 3 is 2.73 bits per heavy atom. The summed E-state index contributed by atoms with van der Waals surface area (Å²) in [4.78, 5) is 26.9. The highest BCUT2D eigenvalue weighted by Gasteiger charge is 2.40. The first-order valence-electron chi connectivity index (χ1n) is 14.9. The van der Waals surface area contributed by atoms with Crippen LogP contribution in [0, 0.1) is 12.8 Å². The molecule has 0 bridgehead atoms. The second-order valence-corrected chi connectivity index (χ2v) is 11.6. The van der Waals surface area contributed by atoms with Crippen LogP contribution in [-0.2, 0) is 11.8 Å². The number of likely N-dealkylation sites (N-methyl/N-ethyl adjacent to an activating group) is 1. The average molecular weight is 606 g/mol. The van der Waals surface area contributed by atoms with Gasteiger partial charge in [0.2, 0.25) is 17.7 Å². The largest absolute Gasteiger partial charge is 0.494 e. The first kappa shape index (κ1) is 28.5. The number of carbonyl (C=O) groups excluding carboxylic acids is 1. The maximum Gasteiger partial charge on any atom is 0.251 e. The molecule has 0 spiro atoms. The van der Waals surface area contributed by atoms with E-state index < -0.39 is 0 Å². The third kappa shape index (κ3) is 5.16. The molecule has 2 unspecified atom stereocenters. The van der Waals surface area contributed by atoms with Gasteiger partial charge in [0.1, 0.15) is 5.75 Å². The van der Waals surface area contributed by atoms with Crippen LogP contribution < -0.4 is 20.3 Å². The molecule has 2 aliphatic rings. The number of likely N-dealkylation sites (tertiary alicyclic amines) is 1. The molecule has 7 rings (SSSR count). The summed E-state index contributed by atoms with van der Waals surface area (Å²) in [6.07, 6.45) is 6.15. The molecular weight excluding hydrogens is 570 g/mol. The number of carbonyl (C=O) groups is 1. The molecule has 2 aromatic carbocycles. The summed E-state index contributed by atoms with van der Waals surface area (Å²) >= 11 is 0. The molecule has 5 heterocycles. The molecular formula is C33H35N9O3. The molecule has 45 heavy (non-hydrogen) atoms. The molecule has 2 saturated heterocycles. The highest BCUT2D eigenvalue weighted by molar-refractivity contribution is 6.02. The van der Waals surface area contributed by atoms with E-state index in [-0.39, 0.29) is 5.91 Å². The van der Waals surface area contributed by atoms with E-state index in [1.165, 1.54) is 6.08 Å². The predicted octanol–water partition coefficient (Wildman–Crippen LogP) is 5.01. The summed E-state index contributed by atoms with van der Waals surface area (Å²) in [5.41, 5.74) is 5.36. The molecule has 2 aliphatic heterocycles. The van der Waals surface area contributed by atoms with Crippen LogP contribution in [0.15, 0.2) is 65.9 Å². The lowest BCUT2D eigenvalue weighted by molar-refractivity contribution is -0.111. The van der Waals surface area contributed by atoms with Gasteiger partial charge in [0, 0.05) is 68.0 Å². The number of ether oxygens (including phenoxy) is 1. The number of hydrogen-bond acceptors (Lipinski definition) is 10. The molecule has 12 heteroatoms. The summed E-state index contributed by atoms with van der Waals surface area (Å²) in [7, 11) is 5.81. The monoisotopic (exact) mass is 605 g/mol. The smallest absolute Gasteiger partial charge is 0.251 e. The van der Waals surface area contributed by atoms with Crippen molar-refractivity contribution in [2.24, 2.45) is 13.0 Å². The number of anilines is 4. The molecule has 0 saturated carbocycles. The minimum Gasteiger partial charge on any atom is -0.494 e. The van der Waals surface area contributed by atoms with Gasteiger partial charge in [0.25, 0.3) is 5.89 Å². The molecule has 12 nitrogen and oxygen atoms in total. The zero-order valence-corrected chi connectivity index (χ0v) is 25.7. The van der Waals surface area contributed by atoms with Crippen LogP contribution in [-0.4, -0.2) is 75.4 Å². The fourth-order valence-electron chi connectivity index (χ4n) is 6.61. The summed E-state index contributed by atoms with van der Waals surface area (Å²) < 4.78 is 13.7. The summed E-state index contributed by atoms with van der Waals surface area (Å²) in [5, 5.41) is 15.7. The highest BCUT2D eigenvalue weighted by atomic mass is 16.5. The van der Waals surface area contributed by atoms with Crippen molar-refractivity contribution in [1.82, 2.24) is 29.6 Å². The number of fused-ring (bicyclic) bond motifs is 2. The van der Waals surface area contributed by atoms with E-state index in [2.05, 4.69) is 65.9 Å². The fraction of sp³-hybridized carbons (Fsp3) is 0.303. The number of aryl methyl sites for hydroxylation is 2. The Bertz CT molecular complexity index is 1930. The Balaban J connectivity index is 1.30. The Hall–Kier alpha value is -5.23. The van der Waals surface area contributed by atoms with Crippen molar-refractivity contribution in [3.8, 4) is 28.5 Å². The average Bonchev–Trinajstić information content (AvgIpc) is 3.83. The zero-order chi connectivity index (χ0) is 31.2. The highest BCUT2D eigenvalue weighted by Crippen LogP contribution is 2.43. The summed E-state index contributed by atoms with van der Waals surface area (Å²) in [6.45, 7) is 8.30. The van der Waals surface area contributed by atoms with Gasteiger partial charge in [-0.05, 0) is 44.1 Å². The molecule has 230 valence electrons. The van der Waals surface area contributed by atoms with Crippen molar-refractivity contribution < 1.29 is 13.9 Å². The van der Waals surface area contributed by atoms with Crippen LogP contribution in [0.2, 0.25) is 0 Å². The van der Waals surface area contributed by atoms with Gasteiger partial charge in [-0.15, -0.1) is 10.2 Å². The van der Waals surface area contributed by atoms with Crippen LogP contribution in [0.4, 0.5) is 23.0 Å². The number of amides is 1. The van der Waals surface area contributed by atoms with E-state index in [0.29, 0.717) is 58.1 Å². The number of nitrogens with one attached hydrogen (secondary N) is 2. The van der Waals surface area contributed by atoms with Crippen molar-refractivity contribution in [3.05, 3.63) is 67.3 Å². The van der Waals surface area contributed by atoms with E-state index >= 15 is 0 Å². The first-order chi connectivity index (χ1) is 21.8. The number of methoxy groups -OCH3 is 1. The molecule has 2 atom stereocenters. The zero-order valence-electron chi connectivity index (χ0n) is 25.7. The Morgan fingerprint density at radius 1 is 1.13 bits per heavy atom. The Morgan fingerprint density at radius 2 is 1.98 bits per heavy atom. The summed E-state index contributed by atoms with van der Waals surface area (Å²) in [5.74, 6) is 2.00. The van der Waals surface area contributed by atoms with Gasteiger partial charge in [-0.25, -0.2) is 9.97 Å². The lowest BCUT2D eigenvalue weighted by Gasteiger charge is -2.26. The summed E-state index contributed by atoms with van der Waals surface area (Å²) in [6, 6.07) is 12.4. The molecule has 0 radical (unpaired) electrons. The molecule has 0 aliphatic carbocycles. The number of para-hydroxylation sites is 1. The van der Waals surface area contributed by atoms with Crippen molar-refractivity contribution in [3.63, 3.8) is 0 Å². The van der Waals surface area contributed by atoms with E-state index in [1.807, 2.05) is 37.5 Å². The minimum atomic E-state index is -0.294. The van der Waals surface area contributed by atoms with Crippen LogP contribution in [0.1, 0.15) is 12.3 Å². The van der Waals surface area contributed by atoms with Crippen LogP contribution in [0.3, 0.4) is 0 Å². The quantitative estimate of drug-likeness (QED) is 0.233. The fourth-order valence-corrected chi connectivity index (χ4v) is 6.61. The SMILES string of the molecule is C=CC(=O)Nc1cc(Nc2ncc(-c3nnc(C)o3)c(-c3cn(C)c4ccccc34)n2)c(OC)cc1N1CC2CCN(C)C2C1. The Labute approximate surface area is 260 Å². The van der Waals surface area contributed by atoms with Gasteiger partial charge in [-0.1, -0.05) is 24.8 Å². The van der Waals surface area contributed by atoms with Crippen LogP contribution in [0.25, 0.3) is 33.6 Å². The normalized spacial score (nSPS) is 17.9. The van der Waals surface area contributed by atoms with Gasteiger partial charge >= 0.3 is 0 Å². The number of aromatic nitrogens is 5. The second kappa shape index (κ2) is 11.4. The van der Waals surface area contributed by atoms with E-state index in [0.717, 1.165) is 48.2 Å². The predicted molar refractivity (Wildman–Crippen MR) is 174 cm³/mol. The molecule has 2 fully saturated rings. The lowest BCUT2D eigenvalue weighted by atomic mass is 10.1. The first-order valence-corrected chi connectivity index (χ1v) is 14.9. The number of nitrogens with zero attached hydrogens (tertiary/aromatic N) is 7. The van der Waals surface area contributed by atoms with E-state index in [9.17, 15) is 4.79 Å². The number of rotatable bonds is 8. The van der Waals surface area contributed by atoms with Gasteiger partial charge in [0.05, 0.1) is 35.4 Å². The lowest BCUT2D eigenvalue weighted by Crippen LogP contribution is -2.32. The number of benzene rings is 2. The van der Waals surface area contributed by atoms with Crippen molar-refractivity contribution in [2.75, 3.05) is 49.3 Å². The maximum atomic E-state index is 12.6. The van der Waals surface area contributed by atoms with Gasteiger partial charge in [-0.2, -0.15) is 0 Å². The minimum absolute atomic E-state index is 0.294. The number of hydrogen-bond donors (Lipinski definition) is 2. The third-order valence-corrected chi connectivity index (χ3v) is 8.87. The van der Waals surface area contributed by atoms with Crippen LogP contribution in [0.5, 0.6) is 5.75 Å². The topological polar surface area (TPSA) is 126 Å². The molecule has 5 aromatic rings. The molecule has 2 N–H and O–H groups in total. The van der Waals surface area contributed by atoms with Crippen molar-refractivity contribution >= 4 is 39.8 Å². The Kier molecular flexibility index (Phi) is 7.20. The molecule has 1 amide bonds. The third-order valence-electron chi connectivity index (χ3n) is 8.87. The van der Waals surface area contributed by atoms with Crippen molar-refractivity contribution in [1.29, 1.82) is 0 Å². The second-order valence-electron chi connectivity index (χ2n) is 11.6. The standard InChI is InChI=1S/C33H35N9O3/c1-6-30(43)35-24-13-25(29(44-5)14-27(24)42-16-20-11-12-40(3)28(20)18-42)36-33-34-15-22(32-39-38-19(2)45-32)31(37-33)23-17-41(4)26-10-8-7-9-21(23)26/h6-10,13-15,17,20,28H,1,11-12,16,18H2,2-5H3,(H,35,43)(H,34,36,37). The van der Waals surface area contributed by atoms with E-state index in [4.69, 9.17) is 14.1 Å². The van der Waals surface area contributed by atoms with Gasteiger partial charge in [0.15, 0.2) is 0 Å². The van der Waals surface area contributed by atoms with Gasteiger partial charge < -0.3 is 34.2 Å². The van der Waals surface area contributed by atoms with E-state index in [1.54, 1.807) is 20.2 Å². The van der Waals surface area contributed by atoms with Crippen LogP contribution >= 0.6 is 0 Å². The van der Waals surface area contributed by atoms with Crippen molar-refractivity contribution in [2.45, 2.75) is 19.4 Å². The molecule has 3 aromatic heterocycles.